The van der Waals surface area contributed by atoms with Crippen LogP contribution in [0.25, 0.3) is 22.6 Å². The largest absolute Gasteiger partial charge is 0.332 e. The van der Waals surface area contributed by atoms with Gasteiger partial charge >= 0.3 is 5.69 Å². The molecular formula is C16H14ClN5O2. The second-order valence-corrected chi connectivity index (χ2v) is 6.18. The number of fused-ring (bicyclic) bond motifs is 3. The first-order valence-corrected chi connectivity index (χ1v) is 7.70. The summed E-state index contributed by atoms with van der Waals surface area (Å²) in [6, 6.07) is 7.38. The van der Waals surface area contributed by atoms with Crippen molar-refractivity contribution in [2.24, 2.45) is 14.1 Å². The molecule has 0 bridgehead atoms. The number of rotatable bonds is 1. The molecule has 0 fully saturated rings. The smallest absolute Gasteiger partial charge is 0.283 e. The molecular weight excluding hydrogens is 330 g/mol. The van der Waals surface area contributed by atoms with Crippen molar-refractivity contribution in [3.8, 4) is 5.69 Å². The second kappa shape index (κ2) is 4.85. The van der Waals surface area contributed by atoms with Crippen LogP contribution in [0.3, 0.4) is 0 Å². The van der Waals surface area contributed by atoms with Crippen LogP contribution in [0.4, 0.5) is 0 Å². The molecule has 3 aromatic heterocycles. The normalized spacial score (nSPS) is 11.7. The first kappa shape index (κ1) is 14.8. The van der Waals surface area contributed by atoms with Crippen molar-refractivity contribution >= 4 is 28.5 Å². The van der Waals surface area contributed by atoms with E-state index in [4.69, 9.17) is 11.6 Å². The van der Waals surface area contributed by atoms with Gasteiger partial charge in [-0.25, -0.2) is 4.79 Å². The highest BCUT2D eigenvalue weighted by Gasteiger charge is 2.19. The zero-order valence-electron chi connectivity index (χ0n) is 13.3. The van der Waals surface area contributed by atoms with Gasteiger partial charge in [-0.1, -0.05) is 17.7 Å². The Morgan fingerprint density at radius 1 is 1.12 bits per heavy atom. The summed E-state index contributed by atoms with van der Waals surface area (Å²) < 4.78 is 6.08. The number of aryl methyl sites for hydroxylation is 2. The topological polar surface area (TPSA) is 66.2 Å². The molecule has 4 rings (SSSR count). The highest BCUT2D eigenvalue weighted by atomic mass is 35.5. The highest BCUT2D eigenvalue weighted by molar-refractivity contribution is 6.30. The van der Waals surface area contributed by atoms with E-state index in [1.54, 1.807) is 17.5 Å². The Morgan fingerprint density at radius 3 is 2.58 bits per heavy atom. The van der Waals surface area contributed by atoms with Crippen molar-refractivity contribution in [2.45, 2.75) is 6.92 Å². The maximum absolute atomic E-state index is 12.5. The molecule has 7 nitrogen and oxygen atoms in total. The lowest BCUT2D eigenvalue weighted by atomic mass is 10.3. The van der Waals surface area contributed by atoms with Gasteiger partial charge in [-0.3, -0.25) is 22.9 Å². The lowest BCUT2D eigenvalue weighted by molar-refractivity contribution is 0.708. The maximum Gasteiger partial charge on any atom is 0.332 e. The first-order chi connectivity index (χ1) is 11.4. The average molecular weight is 344 g/mol. The van der Waals surface area contributed by atoms with Gasteiger partial charge in [0, 0.05) is 31.0 Å². The van der Waals surface area contributed by atoms with Gasteiger partial charge in [0.1, 0.15) is 0 Å². The van der Waals surface area contributed by atoms with Gasteiger partial charge in [0.2, 0.25) is 5.78 Å². The molecule has 0 radical (unpaired) electrons. The Kier molecular flexibility index (Phi) is 2.98. The van der Waals surface area contributed by atoms with Crippen molar-refractivity contribution in [1.82, 2.24) is 23.1 Å². The summed E-state index contributed by atoms with van der Waals surface area (Å²) in [6.07, 6.45) is 1.83. The summed E-state index contributed by atoms with van der Waals surface area (Å²) >= 11 is 6.10. The third-order valence-corrected chi connectivity index (χ3v) is 4.44. The zero-order valence-corrected chi connectivity index (χ0v) is 14.1. The van der Waals surface area contributed by atoms with Gasteiger partial charge in [0.05, 0.1) is 5.69 Å². The van der Waals surface area contributed by atoms with E-state index in [1.165, 1.54) is 11.6 Å². The zero-order chi connectivity index (χ0) is 17.2. The van der Waals surface area contributed by atoms with Gasteiger partial charge < -0.3 is 0 Å². The molecule has 0 spiro atoms. The quantitative estimate of drug-likeness (QED) is 0.527. The third-order valence-electron chi connectivity index (χ3n) is 4.21. The average Bonchev–Trinajstić information content (AvgIpc) is 3.05. The number of imidazole rings is 2. The number of hydrogen-bond acceptors (Lipinski definition) is 3. The third kappa shape index (κ3) is 1.81. The molecule has 122 valence electrons. The van der Waals surface area contributed by atoms with Crippen LogP contribution in [0.2, 0.25) is 5.02 Å². The van der Waals surface area contributed by atoms with Gasteiger partial charge in [-0.15, -0.1) is 0 Å². The van der Waals surface area contributed by atoms with Crippen LogP contribution in [0, 0.1) is 6.92 Å². The molecule has 0 aliphatic carbocycles. The molecule has 0 amide bonds. The molecule has 0 N–H and O–H groups in total. The van der Waals surface area contributed by atoms with Crippen LogP contribution in [-0.4, -0.2) is 23.1 Å². The fourth-order valence-electron chi connectivity index (χ4n) is 3.02. The second-order valence-electron chi connectivity index (χ2n) is 5.75. The van der Waals surface area contributed by atoms with Gasteiger partial charge in [0.15, 0.2) is 11.2 Å². The van der Waals surface area contributed by atoms with Crippen LogP contribution in [0.5, 0.6) is 0 Å². The van der Waals surface area contributed by atoms with E-state index in [9.17, 15) is 9.59 Å². The lowest BCUT2D eigenvalue weighted by Crippen LogP contribution is -2.37. The maximum atomic E-state index is 12.5. The predicted octanol–water partition coefficient (Wildman–Crippen LogP) is 1.64. The molecule has 0 aliphatic rings. The van der Waals surface area contributed by atoms with Crippen LogP contribution >= 0.6 is 11.6 Å². The summed E-state index contributed by atoms with van der Waals surface area (Å²) in [5.74, 6) is 0.558. The summed E-state index contributed by atoms with van der Waals surface area (Å²) in [5.41, 5.74) is 1.69. The standard InChI is InChI=1S/C16H14ClN5O2/c1-9-8-21-12-13(19(2)16(24)20(3)14(12)23)18-15(21)22(9)11-6-4-5-10(17)7-11/h4-8H,1-3H3. The van der Waals surface area contributed by atoms with Crippen molar-refractivity contribution in [3.63, 3.8) is 0 Å². The monoisotopic (exact) mass is 343 g/mol. The van der Waals surface area contributed by atoms with E-state index in [0.29, 0.717) is 22.0 Å². The molecule has 1 aromatic carbocycles. The van der Waals surface area contributed by atoms with Crippen molar-refractivity contribution < 1.29 is 0 Å². The minimum absolute atomic E-state index is 0.355. The van der Waals surface area contributed by atoms with Gasteiger partial charge in [-0.05, 0) is 25.1 Å². The number of hydrogen-bond donors (Lipinski definition) is 0. The first-order valence-electron chi connectivity index (χ1n) is 7.32. The summed E-state index contributed by atoms with van der Waals surface area (Å²) in [5, 5.41) is 0.609. The van der Waals surface area contributed by atoms with Crippen molar-refractivity contribution in [1.29, 1.82) is 0 Å². The Bertz CT molecular complexity index is 1240. The van der Waals surface area contributed by atoms with E-state index in [0.717, 1.165) is 15.9 Å². The Morgan fingerprint density at radius 2 is 1.88 bits per heavy atom. The minimum atomic E-state index is -0.403. The van der Waals surface area contributed by atoms with E-state index in [-0.39, 0.29) is 5.56 Å². The molecule has 8 heteroatoms. The number of nitrogens with zero attached hydrogens (tertiary/aromatic N) is 5. The number of halogens is 1. The van der Waals surface area contributed by atoms with E-state index >= 15 is 0 Å². The summed E-state index contributed by atoms with van der Waals surface area (Å²) in [4.78, 5) is 29.2. The van der Waals surface area contributed by atoms with E-state index in [1.807, 2.05) is 35.9 Å². The van der Waals surface area contributed by atoms with Gasteiger partial charge in [0.25, 0.3) is 5.56 Å². The van der Waals surface area contributed by atoms with Crippen molar-refractivity contribution in [3.05, 3.63) is 62.0 Å². The molecule has 0 aliphatic heterocycles. The summed E-state index contributed by atoms with van der Waals surface area (Å²) in [7, 11) is 3.07. The minimum Gasteiger partial charge on any atom is -0.283 e. The molecule has 0 atom stereocenters. The lowest BCUT2D eigenvalue weighted by Gasteiger charge is -2.06. The Balaban J connectivity index is 2.21. The van der Waals surface area contributed by atoms with Gasteiger partial charge in [-0.2, -0.15) is 4.98 Å². The van der Waals surface area contributed by atoms with E-state index in [2.05, 4.69) is 4.98 Å². The molecule has 24 heavy (non-hydrogen) atoms. The SMILES string of the molecule is Cc1cn2c3c(=O)n(C)c(=O)n(C)c3nc2n1-c1cccc(Cl)c1. The van der Waals surface area contributed by atoms with Crippen LogP contribution in [0.15, 0.2) is 40.1 Å². The molecule has 0 saturated carbocycles. The van der Waals surface area contributed by atoms with Crippen LogP contribution in [-0.2, 0) is 14.1 Å². The molecule has 3 heterocycles. The molecule has 0 unspecified atom stereocenters. The fraction of sp³-hybridized carbons (Fsp3) is 0.188. The molecule has 4 aromatic rings. The number of benzene rings is 1. The summed E-state index contributed by atoms with van der Waals surface area (Å²) in [6.45, 7) is 1.92. The van der Waals surface area contributed by atoms with E-state index < -0.39 is 5.69 Å². The van der Waals surface area contributed by atoms with Crippen LogP contribution < -0.4 is 11.2 Å². The van der Waals surface area contributed by atoms with Crippen molar-refractivity contribution in [2.75, 3.05) is 0 Å². The Labute approximate surface area is 141 Å². The highest BCUT2D eigenvalue weighted by Crippen LogP contribution is 2.22. The predicted molar refractivity (Wildman–Crippen MR) is 92.3 cm³/mol. The molecule has 0 saturated heterocycles. The van der Waals surface area contributed by atoms with Crippen LogP contribution in [0.1, 0.15) is 5.69 Å². The number of aromatic nitrogens is 5. The Hall–Kier alpha value is -2.80. The fourth-order valence-corrected chi connectivity index (χ4v) is 3.20.